The van der Waals surface area contributed by atoms with Crippen LogP contribution in [-0.2, 0) is 4.79 Å². The number of H-pyrrole nitrogens is 1. The molecule has 186 valence electrons. The fourth-order valence-corrected chi connectivity index (χ4v) is 4.48. The van der Waals surface area contributed by atoms with Crippen LogP contribution in [0.4, 0.5) is 17.1 Å². The molecule has 0 bridgehead atoms. The van der Waals surface area contributed by atoms with Gasteiger partial charge in [0.2, 0.25) is 5.91 Å². The second-order valence-corrected chi connectivity index (χ2v) is 8.97. The van der Waals surface area contributed by atoms with Crippen LogP contribution in [0.3, 0.4) is 0 Å². The smallest absolute Gasteiger partial charge is 0.271 e. The number of hydrogen-bond acceptors (Lipinski definition) is 5. The van der Waals surface area contributed by atoms with Crippen LogP contribution in [0.1, 0.15) is 34.2 Å². The minimum Gasteiger partial charge on any atom is -0.369 e. The number of aromatic amines is 1. The van der Waals surface area contributed by atoms with Gasteiger partial charge in [0.25, 0.3) is 11.8 Å². The van der Waals surface area contributed by atoms with Crippen molar-refractivity contribution in [3.05, 3.63) is 82.1 Å². The molecule has 1 saturated heterocycles. The average Bonchev–Trinajstić information content (AvgIpc) is 3.49. The highest BCUT2D eigenvalue weighted by atomic mass is 35.5. The van der Waals surface area contributed by atoms with Crippen LogP contribution in [0.15, 0.2) is 60.8 Å². The molecule has 3 amide bonds. The van der Waals surface area contributed by atoms with Gasteiger partial charge in [-0.05, 0) is 55.8 Å². The van der Waals surface area contributed by atoms with E-state index in [9.17, 15) is 14.4 Å². The molecule has 2 heterocycles. The van der Waals surface area contributed by atoms with Crippen LogP contribution in [-0.4, -0.2) is 47.1 Å². The second kappa shape index (κ2) is 11.3. The van der Waals surface area contributed by atoms with Crippen LogP contribution >= 0.6 is 23.2 Å². The third-order valence-electron chi connectivity index (χ3n) is 5.65. The summed E-state index contributed by atoms with van der Waals surface area (Å²) in [5, 5.41) is 15.4. The maximum atomic E-state index is 12.9. The first kappa shape index (κ1) is 25.3. The third kappa shape index (κ3) is 5.87. The Balaban J connectivity index is 1.35. The van der Waals surface area contributed by atoms with Gasteiger partial charge in [-0.15, -0.1) is 0 Å². The van der Waals surface area contributed by atoms with Crippen LogP contribution in [0, 0.1) is 0 Å². The largest absolute Gasteiger partial charge is 0.369 e. The van der Waals surface area contributed by atoms with Crippen molar-refractivity contribution in [3.63, 3.8) is 0 Å². The summed E-state index contributed by atoms with van der Waals surface area (Å²) in [6.45, 7) is 3.15. The van der Waals surface area contributed by atoms with E-state index < -0.39 is 5.91 Å². The first-order valence-corrected chi connectivity index (χ1v) is 12.0. The van der Waals surface area contributed by atoms with Gasteiger partial charge >= 0.3 is 0 Å². The lowest BCUT2D eigenvalue weighted by Gasteiger charge is -2.19. The Morgan fingerprint density at radius 2 is 1.78 bits per heavy atom. The summed E-state index contributed by atoms with van der Waals surface area (Å²) in [7, 11) is 0. The number of halogens is 2. The normalized spacial score (nSPS) is 15.2. The van der Waals surface area contributed by atoms with Crippen molar-refractivity contribution in [2.75, 3.05) is 28.6 Å². The molecule has 4 N–H and O–H groups in total. The van der Waals surface area contributed by atoms with Crippen LogP contribution in [0.25, 0.3) is 0 Å². The molecule has 0 spiro atoms. The maximum absolute atomic E-state index is 12.9. The molecule has 0 unspecified atom stereocenters. The SMILES string of the molecule is C/C=C/C(=O)Nc1ccc(N2CC[C@H](NC(=O)c3[nH]ncc3NC(=O)c3c(Cl)cccc3Cl)C2)cc1. The van der Waals surface area contributed by atoms with E-state index in [-0.39, 0.29) is 44.8 Å². The molecule has 4 rings (SSSR count). The Hall–Kier alpha value is -3.82. The molecule has 1 fully saturated rings. The van der Waals surface area contributed by atoms with E-state index in [1.165, 1.54) is 12.3 Å². The van der Waals surface area contributed by atoms with Crippen molar-refractivity contribution in [3.8, 4) is 0 Å². The Morgan fingerprint density at radius 1 is 1.06 bits per heavy atom. The van der Waals surface area contributed by atoms with E-state index in [1.54, 1.807) is 31.2 Å². The van der Waals surface area contributed by atoms with Gasteiger partial charge in [-0.25, -0.2) is 0 Å². The average molecular weight is 527 g/mol. The Kier molecular flexibility index (Phi) is 7.92. The van der Waals surface area contributed by atoms with Crippen molar-refractivity contribution >= 4 is 58.0 Å². The number of aromatic nitrogens is 2. The molecule has 11 heteroatoms. The lowest BCUT2D eigenvalue weighted by molar-refractivity contribution is -0.111. The van der Waals surface area contributed by atoms with Gasteiger partial charge < -0.3 is 20.9 Å². The summed E-state index contributed by atoms with van der Waals surface area (Å²) in [4.78, 5) is 39.5. The number of allylic oxidation sites excluding steroid dienone is 1. The summed E-state index contributed by atoms with van der Waals surface area (Å²) in [6.07, 6.45) is 5.24. The van der Waals surface area contributed by atoms with Gasteiger partial charge in [0, 0.05) is 30.5 Å². The van der Waals surface area contributed by atoms with E-state index >= 15 is 0 Å². The third-order valence-corrected chi connectivity index (χ3v) is 6.28. The van der Waals surface area contributed by atoms with E-state index in [1.807, 2.05) is 24.3 Å². The Morgan fingerprint density at radius 3 is 2.47 bits per heavy atom. The minimum atomic E-state index is -0.543. The summed E-state index contributed by atoms with van der Waals surface area (Å²) in [6, 6.07) is 12.2. The van der Waals surface area contributed by atoms with Crippen molar-refractivity contribution in [1.29, 1.82) is 0 Å². The molecule has 1 aromatic heterocycles. The van der Waals surface area contributed by atoms with Crippen LogP contribution in [0.5, 0.6) is 0 Å². The minimum absolute atomic E-state index is 0.101. The molecule has 1 atom stereocenters. The van der Waals surface area contributed by atoms with E-state index in [0.717, 1.165) is 18.7 Å². The zero-order valence-electron chi connectivity index (χ0n) is 19.3. The maximum Gasteiger partial charge on any atom is 0.271 e. The lowest BCUT2D eigenvalue weighted by atomic mass is 10.2. The fraction of sp³-hybridized carbons (Fsp3) is 0.200. The van der Waals surface area contributed by atoms with Gasteiger partial charge in [0.15, 0.2) is 0 Å². The molecule has 1 aliphatic rings. The Bertz CT molecular complexity index is 1290. The lowest BCUT2D eigenvalue weighted by Crippen LogP contribution is -2.37. The Labute approximate surface area is 217 Å². The zero-order chi connectivity index (χ0) is 25.7. The zero-order valence-corrected chi connectivity index (χ0v) is 20.9. The predicted molar refractivity (Wildman–Crippen MR) is 141 cm³/mol. The predicted octanol–water partition coefficient (Wildman–Crippen LogP) is 4.49. The number of rotatable bonds is 7. The summed E-state index contributed by atoms with van der Waals surface area (Å²) in [5.41, 5.74) is 2.16. The molecular weight excluding hydrogens is 503 g/mol. The molecule has 0 saturated carbocycles. The van der Waals surface area contributed by atoms with E-state index in [4.69, 9.17) is 23.2 Å². The van der Waals surface area contributed by atoms with Crippen molar-refractivity contribution in [1.82, 2.24) is 15.5 Å². The topological polar surface area (TPSA) is 119 Å². The van der Waals surface area contributed by atoms with Crippen LogP contribution < -0.4 is 20.9 Å². The molecule has 9 nitrogen and oxygen atoms in total. The summed E-state index contributed by atoms with van der Waals surface area (Å²) >= 11 is 12.2. The fourth-order valence-electron chi connectivity index (χ4n) is 3.91. The van der Waals surface area contributed by atoms with Gasteiger partial charge in [-0.1, -0.05) is 35.3 Å². The number of carbonyl (C=O) groups excluding carboxylic acids is 3. The number of hydrogen-bond donors (Lipinski definition) is 4. The van der Waals surface area contributed by atoms with Crippen LogP contribution in [0.2, 0.25) is 10.0 Å². The van der Waals surface area contributed by atoms with Gasteiger partial charge in [-0.2, -0.15) is 5.10 Å². The molecule has 0 radical (unpaired) electrons. The highest BCUT2D eigenvalue weighted by Gasteiger charge is 2.27. The first-order chi connectivity index (χ1) is 17.4. The highest BCUT2D eigenvalue weighted by Crippen LogP contribution is 2.26. The summed E-state index contributed by atoms with van der Waals surface area (Å²) < 4.78 is 0. The first-order valence-electron chi connectivity index (χ1n) is 11.2. The second-order valence-electron chi connectivity index (χ2n) is 8.15. The monoisotopic (exact) mass is 526 g/mol. The van der Waals surface area contributed by atoms with Crippen molar-refractivity contribution in [2.24, 2.45) is 0 Å². The molecule has 0 aliphatic carbocycles. The quantitative estimate of drug-likeness (QED) is 0.338. The number of anilines is 3. The highest BCUT2D eigenvalue weighted by molar-refractivity contribution is 6.40. The number of carbonyl (C=O) groups is 3. The van der Waals surface area contributed by atoms with Gasteiger partial charge in [-0.3, -0.25) is 19.5 Å². The number of nitrogens with one attached hydrogen (secondary N) is 4. The number of benzene rings is 2. The molecular formula is C25H24Cl2N6O3. The molecule has 3 aromatic rings. The van der Waals surface area contributed by atoms with Gasteiger partial charge in [0.1, 0.15) is 5.69 Å². The number of nitrogens with zero attached hydrogens (tertiary/aromatic N) is 2. The van der Waals surface area contributed by atoms with Crippen molar-refractivity contribution < 1.29 is 14.4 Å². The van der Waals surface area contributed by atoms with Gasteiger partial charge in [0.05, 0.1) is 27.5 Å². The van der Waals surface area contributed by atoms with E-state index in [0.29, 0.717) is 12.2 Å². The molecule has 36 heavy (non-hydrogen) atoms. The summed E-state index contributed by atoms with van der Waals surface area (Å²) in [5.74, 6) is -1.11. The number of amides is 3. The standard InChI is InChI=1S/C25H24Cl2N6O3/c1-2-4-21(34)29-15-7-9-17(10-8-15)33-12-11-16(14-33)30-25(36)23-20(13-28-32-23)31-24(35)22-18(26)5-3-6-19(22)27/h2-10,13,16H,11-12,14H2,1H3,(H,28,32)(H,29,34)(H,30,36)(H,31,35)/b4-2+/t16-/m0/s1. The molecule has 1 aliphatic heterocycles. The molecule has 2 aromatic carbocycles. The van der Waals surface area contributed by atoms with E-state index in [2.05, 4.69) is 31.0 Å². The van der Waals surface area contributed by atoms with Crippen molar-refractivity contribution in [2.45, 2.75) is 19.4 Å².